The number of aryl methyl sites for hydroxylation is 3. The summed E-state index contributed by atoms with van der Waals surface area (Å²) in [6, 6.07) is 2.11. The quantitative estimate of drug-likeness (QED) is 0.739. The Kier molecular flexibility index (Phi) is 3.85. The van der Waals surface area contributed by atoms with Crippen LogP contribution in [-0.2, 0) is 6.42 Å². The normalized spacial score (nSPS) is 10.9. The third-order valence-electron chi connectivity index (χ3n) is 2.50. The highest BCUT2D eigenvalue weighted by Crippen LogP contribution is 2.32. The van der Waals surface area contributed by atoms with Gasteiger partial charge in [0.25, 0.3) is 0 Å². The molecule has 0 aliphatic heterocycles. The summed E-state index contributed by atoms with van der Waals surface area (Å²) < 4.78 is 0.801. The van der Waals surface area contributed by atoms with Crippen LogP contribution >= 0.6 is 38.9 Å². The van der Waals surface area contributed by atoms with Crippen LogP contribution in [0.1, 0.15) is 22.4 Å². The largest absolute Gasteiger partial charge is 0.232 e. The lowest BCUT2D eigenvalue weighted by molar-refractivity contribution is 0.990. The summed E-state index contributed by atoms with van der Waals surface area (Å²) in [4.78, 5) is 11.4. The Morgan fingerprint density at radius 1 is 1.35 bits per heavy atom. The van der Waals surface area contributed by atoms with Crippen molar-refractivity contribution in [3.8, 4) is 11.4 Å². The van der Waals surface area contributed by atoms with Gasteiger partial charge in [-0.2, -0.15) is 0 Å². The number of nitrogens with zero attached hydrogens (tertiary/aromatic N) is 2. The second-order valence-electron chi connectivity index (χ2n) is 3.78. The monoisotopic (exact) mass is 330 g/mol. The van der Waals surface area contributed by atoms with Crippen molar-refractivity contribution in [1.82, 2.24) is 9.97 Å². The van der Waals surface area contributed by atoms with Gasteiger partial charge in [-0.1, -0.05) is 18.5 Å². The van der Waals surface area contributed by atoms with E-state index in [-0.39, 0.29) is 0 Å². The third kappa shape index (κ3) is 2.54. The Hall–Kier alpha value is -0.450. The molecule has 0 unspecified atom stereocenters. The average molecular weight is 332 g/mol. The molecule has 0 aliphatic rings. The topological polar surface area (TPSA) is 25.8 Å². The second-order valence-corrected chi connectivity index (χ2v) is 6.39. The van der Waals surface area contributed by atoms with E-state index in [0.29, 0.717) is 5.15 Å². The molecule has 0 aromatic carbocycles. The summed E-state index contributed by atoms with van der Waals surface area (Å²) in [6.07, 6.45) is 0.831. The maximum absolute atomic E-state index is 6.11. The average Bonchev–Trinajstić information content (AvgIpc) is 2.61. The maximum atomic E-state index is 6.11. The van der Waals surface area contributed by atoms with Crippen molar-refractivity contribution in [1.29, 1.82) is 0 Å². The van der Waals surface area contributed by atoms with E-state index in [2.05, 4.69) is 52.7 Å². The van der Waals surface area contributed by atoms with Crippen molar-refractivity contribution >= 4 is 38.9 Å². The van der Waals surface area contributed by atoms with Gasteiger partial charge >= 0.3 is 0 Å². The van der Waals surface area contributed by atoms with Gasteiger partial charge < -0.3 is 0 Å². The number of hydrogen-bond donors (Lipinski definition) is 0. The number of aromatic nitrogens is 2. The van der Waals surface area contributed by atoms with Gasteiger partial charge in [0.05, 0.1) is 10.2 Å². The molecule has 0 aliphatic carbocycles. The summed E-state index contributed by atoms with van der Waals surface area (Å²) in [5.74, 6) is 0.719. The summed E-state index contributed by atoms with van der Waals surface area (Å²) in [5.41, 5.74) is 2.03. The summed E-state index contributed by atoms with van der Waals surface area (Å²) in [5, 5.41) is 0.482. The Morgan fingerprint density at radius 3 is 2.59 bits per heavy atom. The van der Waals surface area contributed by atoms with Crippen molar-refractivity contribution in [2.75, 3.05) is 0 Å². The Labute approximate surface area is 118 Å². The van der Waals surface area contributed by atoms with Crippen LogP contribution < -0.4 is 0 Å². The van der Waals surface area contributed by atoms with E-state index >= 15 is 0 Å². The summed E-state index contributed by atoms with van der Waals surface area (Å²) >= 11 is 11.3. The predicted octanol–water partition coefficient (Wildman–Crippen LogP) is 4.80. The van der Waals surface area contributed by atoms with Crippen LogP contribution in [0, 0.1) is 13.8 Å². The van der Waals surface area contributed by atoms with Crippen molar-refractivity contribution in [3.05, 3.63) is 31.1 Å². The van der Waals surface area contributed by atoms with Gasteiger partial charge in [0, 0.05) is 15.3 Å². The molecule has 0 radical (unpaired) electrons. The van der Waals surface area contributed by atoms with Gasteiger partial charge in [-0.25, -0.2) is 9.97 Å². The van der Waals surface area contributed by atoms with Crippen molar-refractivity contribution in [3.63, 3.8) is 0 Å². The smallest absolute Gasteiger partial charge is 0.162 e. The zero-order chi connectivity index (χ0) is 12.6. The van der Waals surface area contributed by atoms with E-state index in [1.165, 1.54) is 9.75 Å². The molecule has 0 saturated carbocycles. The SMILES string of the molecule is CCc1nc(-c2cc(C)sc2C)nc(Cl)c1Br. The van der Waals surface area contributed by atoms with Gasteiger partial charge in [-0.15, -0.1) is 11.3 Å². The first kappa shape index (κ1) is 13.0. The molecule has 2 nitrogen and oxygen atoms in total. The van der Waals surface area contributed by atoms with Gasteiger partial charge in [0.1, 0.15) is 5.15 Å². The Bertz CT molecular complexity index is 566. The minimum atomic E-state index is 0.482. The fraction of sp³-hybridized carbons (Fsp3) is 0.333. The van der Waals surface area contributed by atoms with Gasteiger partial charge in [-0.05, 0) is 42.3 Å². The van der Waals surface area contributed by atoms with E-state index in [1.807, 2.05) is 0 Å². The van der Waals surface area contributed by atoms with Crippen LogP contribution in [0.3, 0.4) is 0 Å². The van der Waals surface area contributed by atoms with Crippen LogP contribution in [0.4, 0.5) is 0 Å². The van der Waals surface area contributed by atoms with E-state index < -0.39 is 0 Å². The molecule has 0 amide bonds. The molecule has 0 spiro atoms. The minimum absolute atomic E-state index is 0.482. The molecule has 2 rings (SSSR count). The fourth-order valence-electron chi connectivity index (χ4n) is 1.67. The molecular weight excluding hydrogens is 320 g/mol. The molecule has 5 heteroatoms. The van der Waals surface area contributed by atoms with E-state index in [0.717, 1.165) is 28.0 Å². The number of rotatable bonds is 2. The van der Waals surface area contributed by atoms with Gasteiger partial charge in [0.15, 0.2) is 5.82 Å². The Morgan fingerprint density at radius 2 is 2.06 bits per heavy atom. The molecule has 0 atom stereocenters. The zero-order valence-electron chi connectivity index (χ0n) is 9.84. The molecule has 0 fully saturated rings. The maximum Gasteiger partial charge on any atom is 0.162 e. The fourth-order valence-corrected chi connectivity index (χ4v) is 3.24. The van der Waals surface area contributed by atoms with Crippen LogP contribution in [-0.4, -0.2) is 9.97 Å². The van der Waals surface area contributed by atoms with Crippen molar-refractivity contribution in [2.24, 2.45) is 0 Å². The van der Waals surface area contributed by atoms with Gasteiger partial charge in [0.2, 0.25) is 0 Å². The van der Waals surface area contributed by atoms with E-state index in [4.69, 9.17) is 11.6 Å². The summed E-state index contributed by atoms with van der Waals surface area (Å²) in [7, 11) is 0. The lowest BCUT2D eigenvalue weighted by Gasteiger charge is -2.06. The van der Waals surface area contributed by atoms with E-state index in [9.17, 15) is 0 Å². The first-order valence-electron chi connectivity index (χ1n) is 5.32. The molecule has 90 valence electrons. The molecule has 17 heavy (non-hydrogen) atoms. The molecule has 0 N–H and O–H groups in total. The van der Waals surface area contributed by atoms with Crippen LogP contribution in [0.15, 0.2) is 10.5 Å². The lowest BCUT2D eigenvalue weighted by atomic mass is 10.2. The molecule has 0 bridgehead atoms. The number of hydrogen-bond acceptors (Lipinski definition) is 3. The summed E-state index contributed by atoms with van der Waals surface area (Å²) in [6.45, 7) is 6.22. The molecule has 2 aromatic rings. The van der Waals surface area contributed by atoms with Crippen molar-refractivity contribution in [2.45, 2.75) is 27.2 Å². The standard InChI is InChI=1S/C12H12BrClN2S/c1-4-9-10(13)11(14)16-12(15-9)8-5-6(2)17-7(8)3/h5H,4H2,1-3H3. The van der Waals surface area contributed by atoms with Crippen LogP contribution in [0.5, 0.6) is 0 Å². The first-order chi connectivity index (χ1) is 8.02. The third-order valence-corrected chi connectivity index (χ3v) is 4.80. The highest BCUT2D eigenvalue weighted by atomic mass is 79.9. The first-order valence-corrected chi connectivity index (χ1v) is 7.31. The highest BCUT2D eigenvalue weighted by Gasteiger charge is 2.13. The van der Waals surface area contributed by atoms with Crippen molar-refractivity contribution < 1.29 is 0 Å². The molecule has 0 saturated heterocycles. The highest BCUT2D eigenvalue weighted by molar-refractivity contribution is 9.10. The second kappa shape index (κ2) is 5.04. The predicted molar refractivity (Wildman–Crippen MR) is 76.9 cm³/mol. The minimum Gasteiger partial charge on any atom is -0.232 e. The molecular formula is C12H12BrClN2S. The van der Waals surface area contributed by atoms with Crippen LogP contribution in [0.2, 0.25) is 5.15 Å². The lowest BCUT2D eigenvalue weighted by Crippen LogP contribution is -1.97. The number of halogens is 2. The zero-order valence-corrected chi connectivity index (χ0v) is 13.0. The molecule has 2 heterocycles. The molecule has 2 aromatic heterocycles. The number of thiophene rings is 1. The van der Waals surface area contributed by atoms with Gasteiger partial charge in [-0.3, -0.25) is 0 Å². The van der Waals surface area contributed by atoms with Crippen LogP contribution in [0.25, 0.3) is 11.4 Å². The Balaban J connectivity index is 2.60. The van der Waals surface area contributed by atoms with E-state index in [1.54, 1.807) is 11.3 Å².